The first kappa shape index (κ1) is 23.6. The zero-order chi connectivity index (χ0) is 24.9. The molecule has 0 saturated carbocycles. The fourth-order valence-electron chi connectivity index (χ4n) is 4.30. The van der Waals surface area contributed by atoms with E-state index in [1.54, 1.807) is 53.6 Å². The highest BCUT2D eigenvalue weighted by molar-refractivity contribution is 7.99. The van der Waals surface area contributed by atoms with E-state index < -0.39 is 0 Å². The van der Waals surface area contributed by atoms with Crippen molar-refractivity contribution in [2.75, 3.05) is 5.75 Å². The van der Waals surface area contributed by atoms with E-state index in [4.69, 9.17) is 14.7 Å². The van der Waals surface area contributed by atoms with Crippen molar-refractivity contribution >= 4 is 28.6 Å². The van der Waals surface area contributed by atoms with Gasteiger partial charge in [-0.05, 0) is 74.2 Å². The van der Waals surface area contributed by atoms with Gasteiger partial charge in [0.25, 0.3) is 5.56 Å². The molecule has 1 aliphatic rings. The number of rotatable bonds is 7. The smallest absolute Gasteiger partial charge is 0.266 e. The Morgan fingerprint density at radius 3 is 2.67 bits per heavy atom. The van der Waals surface area contributed by atoms with Gasteiger partial charge in [-0.2, -0.15) is 5.26 Å². The maximum Gasteiger partial charge on any atom is 0.266 e. The normalized spacial score (nSPS) is 13.2. The van der Waals surface area contributed by atoms with E-state index in [0.29, 0.717) is 33.9 Å². The van der Waals surface area contributed by atoms with Gasteiger partial charge in [-0.3, -0.25) is 14.2 Å². The molecule has 0 saturated heterocycles. The lowest BCUT2D eigenvalue weighted by Crippen LogP contribution is -2.32. The highest BCUT2D eigenvalue weighted by atomic mass is 32.2. The highest BCUT2D eigenvalue weighted by Crippen LogP contribution is 2.26. The van der Waals surface area contributed by atoms with Crippen LogP contribution in [0.25, 0.3) is 16.6 Å². The van der Waals surface area contributed by atoms with E-state index in [1.165, 1.54) is 16.3 Å². The maximum atomic E-state index is 13.5. The summed E-state index contributed by atoms with van der Waals surface area (Å²) in [4.78, 5) is 33.5. The van der Waals surface area contributed by atoms with Gasteiger partial charge in [0.05, 0.1) is 46.8 Å². The lowest BCUT2D eigenvalue weighted by molar-refractivity contribution is -0.127. The summed E-state index contributed by atoms with van der Waals surface area (Å²) in [5, 5.41) is 10.1. The number of para-hydroxylation sites is 1. The molecule has 2 aromatic heterocycles. The fraction of sp³-hybridized carbons (Fsp3) is 0.214. The number of carbonyl (C=O) groups is 1. The molecule has 0 aliphatic heterocycles. The molecule has 1 amide bonds. The number of aromatic nitrogens is 2. The second-order valence-corrected chi connectivity index (χ2v) is 9.44. The van der Waals surface area contributed by atoms with E-state index in [2.05, 4.69) is 12.1 Å². The Labute approximate surface area is 212 Å². The molecule has 2 aromatic carbocycles. The Hall–Kier alpha value is -4.09. The summed E-state index contributed by atoms with van der Waals surface area (Å²) < 4.78 is 7.03. The third-order valence-electron chi connectivity index (χ3n) is 6.13. The van der Waals surface area contributed by atoms with Gasteiger partial charge in [0.2, 0.25) is 5.91 Å². The molecule has 7 nitrogen and oxygen atoms in total. The zero-order valence-electron chi connectivity index (χ0n) is 19.6. The molecule has 0 spiro atoms. The van der Waals surface area contributed by atoms with E-state index in [0.717, 1.165) is 37.1 Å². The number of amides is 1. The van der Waals surface area contributed by atoms with Gasteiger partial charge < -0.3 is 9.32 Å². The van der Waals surface area contributed by atoms with Crippen molar-refractivity contribution in [2.45, 2.75) is 37.4 Å². The first-order chi connectivity index (χ1) is 17.6. The van der Waals surface area contributed by atoms with Crippen LogP contribution in [0, 0.1) is 11.3 Å². The first-order valence-corrected chi connectivity index (χ1v) is 12.8. The Morgan fingerprint density at radius 2 is 1.94 bits per heavy atom. The maximum absolute atomic E-state index is 13.5. The van der Waals surface area contributed by atoms with Crippen LogP contribution in [0.4, 0.5) is 0 Å². The van der Waals surface area contributed by atoms with Gasteiger partial charge in [-0.25, -0.2) is 4.98 Å². The summed E-state index contributed by atoms with van der Waals surface area (Å²) in [5.74, 6) is 0.760. The largest absolute Gasteiger partial charge is 0.467 e. The average molecular weight is 497 g/mol. The van der Waals surface area contributed by atoms with Crippen molar-refractivity contribution in [2.24, 2.45) is 0 Å². The van der Waals surface area contributed by atoms with Crippen LogP contribution in [0.3, 0.4) is 0 Å². The van der Waals surface area contributed by atoms with Crippen LogP contribution in [0.15, 0.2) is 93.1 Å². The van der Waals surface area contributed by atoms with Gasteiger partial charge in [0.15, 0.2) is 5.16 Å². The van der Waals surface area contributed by atoms with Crippen LogP contribution in [0.1, 0.15) is 37.0 Å². The van der Waals surface area contributed by atoms with Crippen LogP contribution in [0.2, 0.25) is 0 Å². The summed E-state index contributed by atoms with van der Waals surface area (Å²) in [6.45, 7) is 0.367. The van der Waals surface area contributed by atoms with Crippen LogP contribution >= 0.6 is 11.8 Å². The van der Waals surface area contributed by atoms with Gasteiger partial charge in [-0.15, -0.1) is 0 Å². The molecule has 8 heteroatoms. The highest BCUT2D eigenvalue weighted by Gasteiger charge is 2.22. The second-order valence-electron chi connectivity index (χ2n) is 8.50. The predicted octanol–water partition coefficient (Wildman–Crippen LogP) is 5.43. The predicted molar refractivity (Wildman–Crippen MR) is 139 cm³/mol. The number of thioether (sulfide) groups is 1. The molecule has 0 atom stereocenters. The van der Waals surface area contributed by atoms with E-state index in [9.17, 15) is 9.59 Å². The summed E-state index contributed by atoms with van der Waals surface area (Å²) in [5.41, 5.74) is 2.46. The van der Waals surface area contributed by atoms with Crippen molar-refractivity contribution < 1.29 is 9.21 Å². The van der Waals surface area contributed by atoms with Crippen molar-refractivity contribution in [1.82, 2.24) is 14.5 Å². The number of fused-ring (bicyclic) bond motifs is 1. The molecule has 0 unspecified atom stereocenters. The van der Waals surface area contributed by atoms with Gasteiger partial charge >= 0.3 is 0 Å². The SMILES string of the molecule is N#Cc1ccc(-n2c(SCC(=O)N(Cc3ccco3)C3=CCCCC3)nc3ccccc3c2=O)cc1. The molecule has 36 heavy (non-hydrogen) atoms. The molecule has 4 aromatic rings. The third-order valence-corrected chi connectivity index (χ3v) is 7.06. The van der Waals surface area contributed by atoms with E-state index in [-0.39, 0.29) is 17.2 Å². The summed E-state index contributed by atoms with van der Waals surface area (Å²) in [7, 11) is 0. The zero-order valence-corrected chi connectivity index (χ0v) is 20.4. The standard InChI is InChI=1S/C28H24N4O3S/c29-17-20-12-14-22(15-13-20)32-27(34)24-10-4-5-11-25(24)30-28(32)36-19-26(33)31(18-23-9-6-16-35-23)21-7-2-1-3-8-21/h4-7,9-16H,1-3,8,18-19H2. The summed E-state index contributed by atoms with van der Waals surface area (Å²) in [6.07, 6.45) is 7.72. The van der Waals surface area contributed by atoms with Crippen molar-refractivity contribution in [3.63, 3.8) is 0 Å². The van der Waals surface area contributed by atoms with E-state index >= 15 is 0 Å². The number of benzene rings is 2. The minimum atomic E-state index is -0.220. The summed E-state index contributed by atoms with van der Waals surface area (Å²) >= 11 is 1.23. The number of hydrogen-bond acceptors (Lipinski definition) is 6. The molecular weight excluding hydrogens is 472 g/mol. The average Bonchev–Trinajstić information content (AvgIpc) is 3.44. The molecule has 1 aliphatic carbocycles. The van der Waals surface area contributed by atoms with Gasteiger partial charge in [-0.1, -0.05) is 30.0 Å². The molecule has 180 valence electrons. The Bertz CT molecular complexity index is 1520. The lowest BCUT2D eigenvalue weighted by Gasteiger charge is -2.27. The third kappa shape index (κ3) is 4.97. The Balaban J connectivity index is 1.48. The van der Waals surface area contributed by atoms with Crippen molar-refractivity contribution in [3.8, 4) is 11.8 Å². The molecular formula is C28H24N4O3S. The van der Waals surface area contributed by atoms with Crippen molar-refractivity contribution in [1.29, 1.82) is 5.26 Å². The molecule has 0 N–H and O–H groups in total. The molecule has 0 radical (unpaired) electrons. The van der Waals surface area contributed by atoms with E-state index in [1.807, 2.05) is 18.2 Å². The minimum Gasteiger partial charge on any atom is -0.467 e. The molecule has 5 rings (SSSR count). The van der Waals surface area contributed by atoms with Crippen LogP contribution < -0.4 is 5.56 Å². The minimum absolute atomic E-state index is 0.0710. The monoisotopic (exact) mass is 496 g/mol. The topological polar surface area (TPSA) is 92.1 Å². The Kier molecular flexibility index (Phi) is 7.01. The van der Waals surface area contributed by atoms with Crippen LogP contribution in [-0.4, -0.2) is 26.1 Å². The number of nitrogens with zero attached hydrogens (tertiary/aromatic N) is 4. The number of allylic oxidation sites excluding steroid dienone is 2. The van der Waals surface area contributed by atoms with Crippen LogP contribution in [0.5, 0.6) is 0 Å². The fourth-order valence-corrected chi connectivity index (χ4v) is 5.19. The van der Waals surface area contributed by atoms with Gasteiger partial charge in [0, 0.05) is 5.70 Å². The quantitative estimate of drug-likeness (QED) is 0.250. The number of hydrogen-bond donors (Lipinski definition) is 0. The lowest BCUT2D eigenvalue weighted by atomic mass is 10.0. The number of furan rings is 1. The van der Waals surface area contributed by atoms with Crippen molar-refractivity contribution in [3.05, 3.63) is 100 Å². The number of carbonyl (C=O) groups excluding carboxylic acids is 1. The number of nitriles is 1. The second kappa shape index (κ2) is 10.7. The molecule has 2 heterocycles. The Morgan fingerprint density at radius 1 is 1.11 bits per heavy atom. The van der Waals surface area contributed by atoms with Crippen LogP contribution in [-0.2, 0) is 11.3 Å². The molecule has 0 bridgehead atoms. The molecule has 0 fully saturated rings. The summed E-state index contributed by atoms with van der Waals surface area (Å²) in [6, 6.07) is 19.7. The first-order valence-electron chi connectivity index (χ1n) is 11.8. The van der Waals surface area contributed by atoms with Gasteiger partial charge in [0.1, 0.15) is 5.76 Å².